The van der Waals surface area contributed by atoms with Crippen molar-refractivity contribution >= 4 is 35.1 Å². The lowest BCUT2D eigenvalue weighted by molar-refractivity contribution is -0.147. The van der Waals surface area contributed by atoms with Gasteiger partial charge in [0.25, 0.3) is 0 Å². The Labute approximate surface area is 195 Å². The summed E-state index contributed by atoms with van der Waals surface area (Å²) in [5.41, 5.74) is 0.602. The molecule has 2 atom stereocenters. The third-order valence-electron chi connectivity index (χ3n) is 6.50. The summed E-state index contributed by atoms with van der Waals surface area (Å²) in [5.74, 6) is 0.193. The number of rotatable bonds is 5. The first-order valence-electron chi connectivity index (χ1n) is 11.7. The van der Waals surface area contributed by atoms with Crippen molar-refractivity contribution in [3.63, 3.8) is 0 Å². The lowest BCUT2D eigenvalue weighted by atomic mass is 9.87. The summed E-state index contributed by atoms with van der Waals surface area (Å²) in [4.78, 5) is 42.5. The first-order chi connectivity index (χ1) is 15.3. The van der Waals surface area contributed by atoms with Gasteiger partial charge in [-0.25, -0.2) is 4.79 Å². The van der Waals surface area contributed by atoms with Crippen LogP contribution in [-0.4, -0.2) is 59.4 Å². The normalized spacial score (nSPS) is 20.7. The van der Waals surface area contributed by atoms with Crippen LogP contribution in [-0.2, 0) is 9.59 Å². The molecular weight excluding hydrogens is 428 g/mol. The number of urea groups is 1. The van der Waals surface area contributed by atoms with Gasteiger partial charge in [0.15, 0.2) is 0 Å². The van der Waals surface area contributed by atoms with E-state index in [0.29, 0.717) is 30.3 Å². The van der Waals surface area contributed by atoms with E-state index in [1.807, 2.05) is 25.7 Å². The van der Waals surface area contributed by atoms with Crippen molar-refractivity contribution in [2.75, 3.05) is 25.0 Å². The van der Waals surface area contributed by atoms with Crippen molar-refractivity contribution < 1.29 is 14.4 Å². The van der Waals surface area contributed by atoms with E-state index < -0.39 is 12.1 Å². The summed E-state index contributed by atoms with van der Waals surface area (Å²) in [6.07, 6.45) is 5.43. The number of nitrogens with one attached hydrogen (secondary N) is 2. The van der Waals surface area contributed by atoms with Crippen LogP contribution in [0.4, 0.5) is 10.5 Å². The van der Waals surface area contributed by atoms with Gasteiger partial charge in [-0.2, -0.15) is 0 Å². The van der Waals surface area contributed by atoms with Crippen molar-refractivity contribution in [3.05, 3.63) is 29.3 Å². The molecule has 2 aliphatic rings. The van der Waals surface area contributed by atoms with E-state index in [1.165, 1.54) is 6.42 Å². The van der Waals surface area contributed by atoms with Crippen molar-refractivity contribution in [1.29, 1.82) is 0 Å². The smallest absolute Gasteiger partial charge is 0.319 e. The first-order valence-corrected chi connectivity index (χ1v) is 12.1. The molecule has 176 valence electrons. The molecule has 1 aromatic carbocycles. The second-order valence-electron chi connectivity index (χ2n) is 9.33. The van der Waals surface area contributed by atoms with Gasteiger partial charge in [-0.15, -0.1) is 0 Å². The standard InChI is InChI=1S/C24H35ClN4O3/c1-16(2)21(27-24(32)26-20-11-9-19(25)10-12-20)23(31)28-13-14-29(17(3)15-28)22(30)18-7-5-4-6-8-18/h9-12,16-18,21H,4-8,13-15H2,1-3H3,(H2,26,27,32). The molecule has 0 spiro atoms. The van der Waals surface area contributed by atoms with Crippen LogP contribution >= 0.6 is 11.6 Å². The van der Waals surface area contributed by atoms with Gasteiger partial charge in [-0.05, 0) is 49.9 Å². The van der Waals surface area contributed by atoms with Crippen molar-refractivity contribution in [2.24, 2.45) is 11.8 Å². The SMILES string of the molecule is CC(C)C(NC(=O)Nc1ccc(Cl)cc1)C(=O)N1CCN(C(=O)C2CCCCC2)C(C)C1. The molecule has 2 fully saturated rings. The van der Waals surface area contributed by atoms with Crippen LogP contribution in [0.25, 0.3) is 0 Å². The number of benzene rings is 1. The zero-order valence-electron chi connectivity index (χ0n) is 19.3. The molecule has 0 radical (unpaired) electrons. The van der Waals surface area contributed by atoms with Crippen LogP contribution in [0.15, 0.2) is 24.3 Å². The number of nitrogens with zero attached hydrogens (tertiary/aromatic N) is 2. The number of hydrogen-bond acceptors (Lipinski definition) is 3. The Morgan fingerprint density at radius 3 is 2.28 bits per heavy atom. The molecule has 1 aliphatic carbocycles. The van der Waals surface area contributed by atoms with Crippen LogP contribution < -0.4 is 10.6 Å². The maximum atomic E-state index is 13.3. The minimum Gasteiger partial charge on any atom is -0.337 e. The molecule has 0 aromatic heterocycles. The fourth-order valence-corrected chi connectivity index (χ4v) is 4.75. The van der Waals surface area contributed by atoms with Gasteiger partial charge in [0, 0.05) is 42.3 Å². The molecule has 1 aliphatic heterocycles. The summed E-state index contributed by atoms with van der Waals surface area (Å²) in [6.45, 7) is 7.36. The Morgan fingerprint density at radius 1 is 1.03 bits per heavy atom. The quantitative estimate of drug-likeness (QED) is 0.690. The van der Waals surface area contributed by atoms with Gasteiger partial charge < -0.3 is 20.4 Å². The fraction of sp³-hybridized carbons (Fsp3) is 0.625. The monoisotopic (exact) mass is 462 g/mol. The highest BCUT2D eigenvalue weighted by atomic mass is 35.5. The van der Waals surface area contributed by atoms with Crippen LogP contribution in [0, 0.1) is 11.8 Å². The number of anilines is 1. The Bertz CT molecular complexity index is 808. The zero-order chi connectivity index (χ0) is 23.3. The maximum absolute atomic E-state index is 13.3. The van der Waals surface area contributed by atoms with Crippen LogP contribution in [0.5, 0.6) is 0 Å². The number of amides is 4. The minimum absolute atomic E-state index is 0.0298. The third kappa shape index (κ3) is 6.15. The van der Waals surface area contributed by atoms with Crippen molar-refractivity contribution in [1.82, 2.24) is 15.1 Å². The summed E-state index contributed by atoms with van der Waals surface area (Å²) in [6, 6.07) is 5.69. The van der Waals surface area contributed by atoms with E-state index in [9.17, 15) is 14.4 Å². The molecule has 8 heteroatoms. The molecule has 4 amide bonds. The topological polar surface area (TPSA) is 81.8 Å². The van der Waals surface area contributed by atoms with Gasteiger partial charge in [-0.3, -0.25) is 9.59 Å². The number of carbonyl (C=O) groups is 3. The average Bonchev–Trinajstić information content (AvgIpc) is 2.78. The summed E-state index contributed by atoms with van der Waals surface area (Å²) in [7, 11) is 0. The predicted molar refractivity (Wildman–Crippen MR) is 127 cm³/mol. The van der Waals surface area contributed by atoms with Crippen LogP contribution in [0.1, 0.15) is 52.9 Å². The van der Waals surface area contributed by atoms with Gasteiger partial charge in [0.1, 0.15) is 6.04 Å². The Balaban J connectivity index is 1.57. The Hall–Kier alpha value is -2.28. The lowest BCUT2D eigenvalue weighted by Crippen LogP contribution is -2.60. The van der Waals surface area contributed by atoms with E-state index >= 15 is 0 Å². The molecule has 32 heavy (non-hydrogen) atoms. The van der Waals surface area contributed by atoms with E-state index in [4.69, 9.17) is 11.6 Å². The van der Waals surface area contributed by atoms with E-state index in [0.717, 1.165) is 25.7 Å². The van der Waals surface area contributed by atoms with Gasteiger partial charge in [-0.1, -0.05) is 44.7 Å². The molecule has 1 heterocycles. The second-order valence-corrected chi connectivity index (χ2v) is 9.76. The van der Waals surface area contributed by atoms with Gasteiger partial charge in [0.2, 0.25) is 11.8 Å². The zero-order valence-corrected chi connectivity index (χ0v) is 20.0. The molecular formula is C24H35ClN4O3. The molecule has 2 N–H and O–H groups in total. The molecule has 1 saturated carbocycles. The average molecular weight is 463 g/mol. The largest absolute Gasteiger partial charge is 0.337 e. The summed E-state index contributed by atoms with van der Waals surface area (Å²) in [5, 5.41) is 6.15. The molecule has 1 saturated heterocycles. The number of hydrogen-bond donors (Lipinski definition) is 2. The van der Waals surface area contributed by atoms with E-state index in [1.54, 1.807) is 29.2 Å². The molecule has 7 nitrogen and oxygen atoms in total. The lowest BCUT2D eigenvalue weighted by Gasteiger charge is -2.43. The third-order valence-corrected chi connectivity index (χ3v) is 6.75. The van der Waals surface area contributed by atoms with Gasteiger partial charge in [0.05, 0.1) is 0 Å². The predicted octanol–water partition coefficient (Wildman–Crippen LogP) is 4.13. The summed E-state index contributed by atoms with van der Waals surface area (Å²) < 4.78 is 0. The molecule has 3 rings (SSSR count). The van der Waals surface area contributed by atoms with Crippen molar-refractivity contribution in [2.45, 2.75) is 65.0 Å². The number of halogens is 1. The van der Waals surface area contributed by atoms with E-state index in [2.05, 4.69) is 10.6 Å². The maximum Gasteiger partial charge on any atom is 0.319 e. The minimum atomic E-state index is -0.643. The molecule has 2 unspecified atom stereocenters. The molecule has 0 bridgehead atoms. The Morgan fingerprint density at radius 2 is 1.69 bits per heavy atom. The number of carbonyl (C=O) groups excluding carboxylic acids is 3. The second kappa shape index (κ2) is 11.0. The Kier molecular flexibility index (Phi) is 8.40. The van der Waals surface area contributed by atoms with Crippen molar-refractivity contribution in [3.8, 4) is 0 Å². The highest BCUT2D eigenvalue weighted by molar-refractivity contribution is 6.30. The van der Waals surface area contributed by atoms with Gasteiger partial charge >= 0.3 is 6.03 Å². The summed E-state index contributed by atoms with van der Waals surface area (Å²) >= 11 is 5.88. The van der Waals surface area contributed by atoms with Crippen LogP contribution in [0.2, 0.25) is 5.02 Å². The fourth-order valence-electron chi connectivity index (χ4n) is 4.62. The molecule has 1 aromatic rings. The highest BCUT2D eigenvalue weighted by Gasteiger charge is 2.36. The number of piperazine rings is 1. The first kappa shape index (κ1) is 24.4. The highest BCUT2D eigenvalue weighted by Crippen LogP contribution is 2.27. The van der Waals surface area contributed by atoms with E-state index in [-0.39, 0.29) is 29.7 Å². The van der Waals surface area contributed by atoms with Crippen LogP contribution in [0.3, 0.4) is 0 Å².